The Kier molecular flexibility index (Phi) is 5.39. The molecule has 19 heavy (non-hydrogen) atoms. The summed E-state index contributed by atoms with van der Waals surface area (Å²) in [5, 5.41) is 10.7. The molecule has 1 heterocycles. The molecule has 1 fully saturated rings. The fourth-order valence-electron chi connectivity index (χ4n) is 2.56. The van der Waals surface area contributed by atoms with Gasteiger partial charge in [-0.3, -0.25) is 9.48 Å². The van der Waals surface area contributed by atoms with E-state index in [1.807, 2.05) is 0 Å². The highest BCUT2D eigenvalue weighted by molar-refractivity contribution is 5.72. The van der Waals surface area contributed by atoms with E-state index in [-0.39, 0.29) is 5.91 Å². The molecule has 0 atom stereocenters. The molecular weight excluding hydrogens is 240 g/mol. The summed E-state index contributed by atoms with van der Waals surface area (Å²) >= 11 is 0. The zero-order valence-electron chi connectivity index (χ0n) is 11.7. The summed E-state index contributed by atoms with van der Waals surface area (Å²) in [5.74, 6) is 0.0170. The number of nitrogens with one attached hydrogen (secondary N) is 2. The van der Waals surface area contributed by atoms with Gasteiger partial charge >= 0.3 is 0 Å². The van der Waals surface area contributed by atoms with Crippen LogP contribution in [0, 0.1) is 0 Å². The molecule has 1 aromatic rings. The van der Waals surface area contributed by atoms with Gasteiger partial charge in [0, 0.05) is 32.8 Å². The Morgan fingerprint density at radius 2 is 2.16 bits per heavy atom. The molecule has 0 bridgehead atoms. The molecule has 0 radical (unpaired) electrons. The summed E-state index contributed by atoms with van der Waals surface area (Å²) in [4.78, 5) is 10.7. The van der Waals surface area contributed by atoms with E-state index in [0.717, 1.165) is 18.8 Å². The molecule has 1 aliphatic carbocycles. The third-order valence-corrected chi connectivity index (χ3v) is 3.59. The molecule has 1 aromatic heterocycles. The first-order valence-electron chi connectivity index (χ1n) is 7.25. The molecule has 0 aliphatic heterocycles. The third kappa shape index (κ3) is 4.67. The van der Waals surface area contributed by atoms with Gasteiger partial charge in [-0.25, -0.2) is 0 Å². The Bertz CT molecular complexity index is 396. The second-order valence-corrected chi connectivity index (χ2v) is 5.24. The van der Waals surface area contributed by atoms with Crippen molar-refractivity contribution in [1.29, 1.82) is 0 Å². The van der Waals surface area contributed by atoms with Crippen molar-refractivity contribution in [3.05, 3.63) is 18.0 Å². The molecule has 5 nitrogen and oxygen atoms in total. The Balaban J connectivity index is 1.70. The van der Waals surface area contributed by atoms with Crippen LogP contribution in [0.2, 0.25) is 0 Å². The number of amides is 1. The highest BCUT2D eigenvalue weighted by atomic mass is 16.1. The van der Waals surface area contributed by atoms with Gasteiger partial charge in [-0.05, 0) is 18.9 Å². The predicted molar refractivity (Wildman–Crippen MR) is 74.7 cm³/mol. The largest absolute Gasteiger partial charge is 0.355 e. The van der Waals surface area contributed by atoms with Crippen LogP contribution in [0.25, 0.3) is 0 Å². The lowest BCUT2D eigenvalue weighted by Gasteiger charge is -2.21. The molecule has 5 heteroatoms. The molecule has 0 unspecified atom stereocenters. The Hall–Kier alpha value is -1.36. The summed E-state index contributed by atoms with van der Waals surface area (Å²) in [5.41, 5.74) is 1.08. The van der Waals surface area contributed by atoms with Crippen LogP contribution in [0.5, 0.6) is 0 Å². The first kappa shape index (κ1) is 14.1. The van der Waals surface area contributed by atoms with Gasteiger partial charge in [0.25, 0.3) is 0 Å². The Labute approximate surface area is 114 Å². The lowest BCUT2D eigenvalue weighted by atomic mass is 9.96. The maximum atomic E-state index is 10.7. The van der Waals surface area contributed by atoms with Crippen LogP contribution in [-0.4, -0.2) is 28.8 Å². The van der Waals surface area contributed by atoms with Crippen molar-refractivity contribution in [2.75, 3.05) is 13.1 Å². The summed E-state index contributed by atoms with van der Waals surface area (Å²) in [7, 11) is 0. The van der Waals surface area contributed by atoms with Gasteiger partial charge in [0.2, 0.25) is 5.91 Å². The van der Waals surface area contributed by atoms with Crippen LogP contribution in [-0.2, 0) is 11.3 Å². The fraction of sp³-hybridized carbons (Fsp3) is 0.714. The first-order valence-corrected chi connectivity index (χ1v) is 7.25. The minimum atomic E-state index is 0.0170. The molecule has 0 spiro atoms. The van der Waals surface area contributed by atoms with E-state index in [2.05, 4.69) is 32.7 Å². The number of nitrogens with zero attached hydrogens (tertiary/aromatic N) is 2. The third-order valence-electron chi connectivity index (χ3n) is 3.59. The SMILES string of the molecule is CC(=O)NCCNCc1ccn(C2CCCCC2)n1. The number of carbonyl (C=O) groups excluding carboxylic acids is 1. The van der Waals surface area contributed by atoms with Crippen LogP contribution in [0.4, 0.5) is 0 Å². The summed E-state index contributed by atoms with van der Waals surface area (Å²) < 4.78 is 2.13. The Morgan fingerprint density at radius 3 is 2.89 bits per heavy atom. The van der Waals surface area contributed by atoms with Crippen molar-refractivity contribution < 1.29 is 4.79 Å². The standard InChI is InChI=1S/C14H24N4O/c1-12(19)16-9-8-15-11-13-7-10-18(17-13)14-5-3-2-4-6-14/h7,10,14-15H,2-6,8-9,11H2,1H3,(H,16,19). The quantitative estimate of drug-likeness (QED) is 0.768. The van der Waals surface area contributed by atoms with Crippen molar-refractivity contribution in [3.8, 4) is 0 Å². The number of aromatic nitrogens is 2. The van der Waals surface area contributed by atoms with Crippen LogP contribution in [0.1, 0.15) is 50.8 Å². The van der Waals surface area contributed by atoms with E-state index in [4.69, 9.17) is 0 Å². The van der Waals surface area contributed by atoms with Crippen molar-refractivity contribution in [3.63, 3.8) is 0 Å². The van der Waals surface area contributed by atoms with E-state index in [9.17, 15) is 4.79 Å². The van der Waals surface area contributed by atoms with E-state index in [0.29, 0.717) is 12.6 Å². The van der Waals surface area contributed by atoms with E-state index >= 15 is 0 Å². The highest BCUT2D eigenvalue weighted by Crippen LogP contribution is 2.27. The number of hydrogen-bond donors (Lipinski definition) is 2. The summed E-state index contributed by atoms with van der Waals surface area (Å²) in [6, 6.07) is 2.68. The zero-order valence-corrected chi connectivity index (χ0v) is 11.7. The minimum absolute atomic E-state index is 0.0170. The second kappa shape index (κ2) is 7.28. The normalized spacial score (nSPS) is 16.5. The fourth-order valence-corrected chi connectivity index (χ4v) is 2.56. The molecule has 2 N–H and O–H groups in total. The average molecular weight is 264 g/mol. The molecule has 2 rings (SSSR count). The van der Waals surface area contributed by atoms with Crippen molar-refractivity contribution in [1.82, 2.24) is 20.4 Å². The smallest absolute Gasteiger partial charge is 0.216 e. The number of carbonyl (C=O) groups is 1. The van der Waals surface area contributed by atoms with Gasteiger partial charge in [0.05, 0.1) is 11.7 Å². The van der Waals surface area contributed by atoms with Gasteiger partial charge in [-0.15, -0.1) is 0 Å². The molecule has 1 saturated carbocycles. The van der Waals surface area contributed by atoms with Gasteiger partial charge in [0.1, 0.15) is 0 Å². The van der Waals surface area contributed by atoms with Crippen molar-refractivity contribution >= 4 is 5.91 Å². The zero-order chi connectivity index (χ0) is 13.5. The first-order chi connectivity index (χ1) is 9.25. The number of hydrogen-bond acceptors (Lipinski definition) is 3. The molecule has 0 saturated heterocycles. The molecule has 1 amide bonds. The van der Waals surface area contributed by atoms with Crippen LogP contribution < -0.4 is 10.6 Å². The summed E-state index contributed by atoms with van der Waals surface area (Å²) in [6.07, 6.45) is 8.65. The molecular formula is C14H24N4O. The van der Waals surface area contributed by atoms with Crippen molar-refractivity contribution in [2.45, 2.75) is 51.6 Å². The predicted octanol–water partition coefficient (Wildman–Crippen LogP) is 1.61. The number of rotatable bonds is 6. The average Bonchev–Trinajstić information content (AvgIpc) is 2.88. The van der Waals surface area contributed by atoms with Gasteiger partial charge in [-0.1, -0.05) is 19.3 Å². The highest BCUT2D eigenvalue weighted by Gasteiger charge is 2.15. The second-order valence-electron chi connectivity index (χ2n) is 5.24. The van der Waals surface area contributed by atoms with Crippen molar-refractivity contribution in [2.24, 2.45) is 0 Å². The van der Waals surface area contributed by atoms with E-state index in [1.165, 1.54) is 39.0 Å². The minimum Gasteiger partial charge on any atom is -0.355 e. The Morgan fingerprint density at radius 1 is 1.37 bits per heavy atom. The molecule has 1 aliphatic rings. The lowest BCUT2D eigenvalue weighted by Crippen LogP contribution is -2.30. The van der Waals surface area contributed by atoms with E-state index in [1.54, 1.807) is 0 Å². The maximum Gasteiger partial charge on any atom is 0.216 e. The molecule has 106 valence electrons. The topological polar surface area (TPSA) is 59.0 Å². The van der Waals surface area contributed by atoms with Crippen LogP contribution in [0.15, 0.2) is 12.3 Å². The van der Waals surface area contributed by atoms with Crippen LogP contribution in [0.3, 0.4) is 0 Å². The van der Waals surface area contributed by atoms with Gasteiger partial charge in [0.15, 0.2) is 0 Å². The van der Waals surface area contributed by atoms with Gasteiger partial charge < -0.3 is 10.6 Å². The van der Waals surface area contributed by atoms with Gasteiger partial charge in [-0.2, -0.15) is 5.10 Å². The molecule has 0 aromatic carbocycles. The maximum absolute atomic E-state index is 10.7. The summed E-state index contributed by atoms with van der Waals surface area (Å²) in [6.45, 7) is 3.74. The lowest BCUT2D eigenvalue weighted by molar-refractivity contribution is -0.118. The van der Waals surface area contributed by atoms with E-state index < -0.39 is 0 Å². The monoisotopic (exact) mass is 264 g/mol. The van der Waals surface area contributed by atoms with Crippen LogP contribution >= 0.6 is 0 Å².